The van der Waals surface area contributed by atoms with Crippen LogP contribution in [0.3, 0.4) is 0 Å². The van der Waals surface area contributed by atoms with E-state index in [0.29, 0.717) is 23.0 Å². The molecule has 0 fully saturated rings. The van der Waals surface area contributed by atoms with Gasteiger partial charge in [-0.05, 0) is 31.2 Å². The average Bonchev–Trinajstić information content (AvgIpc) is 3.06. The minimum Gasteiger partial charge on any atom is -0.466 e. The van der Waals surface area contributed by atoms with Crippen molar-refractivity contribution in [2.45, 2.75) is 17.4 Å². The molecule has 2 amide bonds. The quantitative estimate of drug-likeness (QED) is 0.536. The molecule has 2 rings (SSSR count). The lowest BCUT2D eigenvalue weighted by molar-refractivity contribution is 0.0368. The molecular formula is C16H19FN2O3S. The molecule has 124 valence electrons. The summed E-state index contributed by atoms with van der Waals surface area (Å²) >= 11 is 1.33. The summed E-state index contributed by atoms with van der Waals surface area (Å²) in [5.74, 6) is 0.660. The summed E-state index contributed by atoms with van der Waals surface area (Å²) < 4.78 is 18.5. The fourth-order valence-electron chi connectivity index (χ4n) is 1.87. The number of hydrogen-bond donors (Lipinski definition) is 3. The van der Waals surface area contributed by atoms with Gasteiger partial charge in [0.25, 0.3) is 0 Å². The molecule has 23 heavy (non-hydrogen) atoms. The predicted molar refractivity (Wildman–Crippen MR) is 86.8 cm³/mol. The fourth-order valence-corrected chi connectivity index (χ4v) is 2.68. The number of rotatable bonds is 7. The number of carbonyl (C=O) groups excluding carboxylic acids is 1. The van der Waals surface area contributed by atoms with E-state index >= 15 is 0 Å². The van der Waals surface area contributed by atoms with Crippen LogP contribution in [0.2, 0.25) is 0 Å². The van der Waals surface area contributed by atoms with Gasteiger partial charge in [0.15, 0.2) is 0 Å². The Bertz CT molecular complexity index is 632. The van der Waals surface area contributed by atoms with Gasteiger partial charge in [0.05, 0.1) is 12.8 Å². The number of halogens is 1. The van der Waals surface area contributed by atoms with Gasteiger partial charge in [-0.25, -0.2) is 9.18 Å². The van der Waals surface area contributed by atoms with Gasteiger partial charge in [-0.1, -0.05) is 12.1 Å². The van der Waals surface area contributed by atoms with Crippen LogP contribution in [0.1, 0.15) is 12.7 Å². The Morgan fingerprint density at radius 3 is 2.78 bits per heavy atom. The van der Waals surface area contributed by atoms with Gasteiger partial charge in [0.1, 0.15) is 17.2 Å². The molecule has 1 unspecified atom stereocenters. The fraction of sp³-hybridized carbons (Fsp3) is 0.312. The van der Waals surface area contributed by atoms with Crippen molar-refractivity contribution in [2.24, 2.45) is 0 Å². The van der Waals surface area contributed by atoms with Crippen molar-refractivity contribution in [3.8, 4) is 0 Å². The van der Waals surface area contributed by atoms with Crippen molar-refractivity contribution in [1.29, 1.82) is 0 Å². The Hall–Kier alpha value is -1.99. The van der Waals surface area contributed by atoms with Crippen LogP contribution in [-0.2, 0) is 5.60 Å². The molecular weight excluding hydrogens is 319 g/mol. The van der Waals surface area contributed by atoms with E-state index in [9.17, 15) is 14.3 Å². The second-order valence-corrected chi connectivity index (χ2v) is 6.28. The third kappa shape index (κ3) is 5.30. The molecule has 7 heteroatoms. The average molecular weight is 338 g/mol. The zero-order valence-electron chi connectivity index (χ0n) is 12.7. The summed E-state index contributed by atoms with van der Waals surface area (Å²) in [6.45, 7) is 1.96. The molecule has 1 atom stereocenters. The first-order valence-corrected chi connectivity index (χ1v) is 8.13. The molecule has 0 spiro atoms. The van der Waals surface area contributed by atoms with Crippen LogP contribution in [0.5, 0.6) is 0 Å². The van der Waals surface area contributed by atoms with Crippen LogP contribution in [-0.4, -0.2) is 30.0 Å². The van der Waals surface area contributed by atoms with E-state index < -0.39 is 11.6 Å². The highest BCUT2D eigenvalue weighted by Gasteiger charge is 2.26. The molecule has 0 aliphatic carbocycles. The lowest BCUT2D eigenvalue weighted by Crippen LogP contribution is -2.43. The molecule has 0 radical (unpaired) electrons. The zero-order chi connectivity index (χ0) is 16.7. The van der Waals surface area contributed by atoms with Gasteiger partial charge in [-0.2, -0.15) is 0 Å². The van der Waals surface area contributed by atoms with E-state index in [1.165, 1.54) is 24.1 Å². The van der Waals surface area contributed by atoms with Gasteiger partial charge in [0.2, 0.25) is 0 Å². The maximum atomic E-state index is 13.4. The minimum absolute atomic E-state index is 0.0206. The Kier molecular flexibility index (Phi) is 6.06. The number of amides is 2. The molecule has 1 heterocycles. The topological polar surface area (TPSA) is 74.5 Å². The van der Waals surface area contributed by atoms with Crippen molar-refractivity contribution >= 4 is 17.8 Å². The first-order chi connectivity index (χ1) is 11.0. The summed E-state index contributed by atoms with van der Waals surface area (Å²) in [6, 6.07) is 9.41. The minimum atomic E-state index is -1.28. The monoisotopic (exact) mass is 338 g/mol. The molecule has 2 aromatic rings. The van der Waals surface area contributed by atoms with E-state index in [1.54, 1.807) is 37.3 Å². The lowest BCUT2D eigenvalue weighted by atomic mass is 10.0. The Morgan fingerprint density at radius 2 is 2.09 bits per heavy atom. The molecule has 0 bridgehead atoms. The largest absolute Gasteiger partial charge is 0.466 e. The van der Waals surface area contributed by atoms with Gasteiger partial charge in [-0.3, -0.25) is 0 Å². The number of carbonyl (C=O) groups is 1. The molecule has 0 aliphatic heterocycles. The first-order valence-electron chi connectivity index (χ1n) is 7.14. The highest BCUT2D eigenvalue weighted by atomic mass is 32.2. The van der Waals surface area contributed by atoms with Gasteiger partial charge in [-0.15, -0.1) is 11.8 Å². The maximum Gasteiger partial charge on any atom is 0.314 e. The number of urea groups is 1. The van der Waals surface area contributed by atoms with Crippen LogP contribution in [0.15, 0.2) is 52.0 Å². The highest BCUT2D eigenvalue weighted by Crippen LogP contribution is 2.21. The Labute approximate surface area is 138 Å². The molecule has 3 N–H and O–H groups in total. The van der Waals surface area contributed by atoms with Crippen LogP contribution in [0, 0.1) is 5.82 Å². The number of benzene rings is 1. The second kappa shape index (κ2) is 8.03. The molecule has 0 aliphatic rings. The van der Waals surface area contributed by atoms with Gasteiger partial charge < -0.3 is 20.2 Å². The number of hydrogen-bond acceptors (Lipinski definition) is 4. The standard InChI is InChI=1S/C16H19FN2O3S/c1-16(21,14-7-4-9-22-14)11-19-15(20)18-8-10-23-13-6-3-2-5-12(13)17/h2-7,9,21H,8,10-11H2,1H3,(H2,18,19,20). The van der Waals surface area contributed by atoms with Crippen molar-refractivity contribution in [3.63, 3.8) is 0 Å². The van der Waals surface area contributed by atoms with Crippen molar-refractivity contribution < 1.29 is 18.7 Å². The Morgan fingerprint density at radius 1 is 1.30 bits per heavy atom. The SMILES string of the molecule is CC(O)(CNC(=O)NCCSc1ccccc1F)c1ccco1. The van der Waals surface area contributed by atoms with E-state index in [0.717, 1.165) is 0 Å². The van der Waals surface area contributed by atoms with E-state index in [-0.39, 0.29) is 12.4 Å². The summed E-state index contributed by atoms with van der Waals surface area (Å²) in [5, 5.41) is 15.4. The predicted octanol–water partition coefficient (Wildman–Crippen LogP) is 2.72. The molecule has 0 saturated heterocycles. The van der Waals surface area contributed by atoms with E-state index in [2.05, 4.69) is 10.6 Å². The zero-order valence-corrected chi connectivity index (χ0v) is 13.5. The molecule has 5 nitrogen and oxygen atoms in total. The summed E-state index contributed by atoms with van der Waals surface area (Å²) in [7, 11) is 0. The van der Waals surface area contributed by atoms with Crippen LogP contribution >= 0.6 is 11.8 Å². The first kappa shape index (κ1) is 17.4. The van der Waals surface area contributed by atoms with Crippen molar-refractivity contribution in [1.82, 2.24) is 10.6 Å². The van der Waals surface area contributed by atoms with Crippen LogP contribution in [0.4, 0.5) is 9.18 Å². The number of thioether (sulfide) groups is 1. The third-order valence-corrected chi connectivity index (χ3v) is 4.18. The summed E-state index contributed by atoms with van der Waals surface area (Å²) in [4.78, 5) is 12.2. The maximum absolute atomic E-state index is 13.4. The van der Waals surface area contributed by atoms with Gasteiger partial charge >= 0.3 is 6.03 Å². The number of nitrogens with one attached hydrogen (secondary N) is 2. The normalized spacial score (nSPS) is 13.3. The van der Waals surface area contributed by atoms with Crippen LogP contribution < -0.4 is 10.6 Å². The van der Waals surface area contributed by atoms with Crippen LogP contribution in [0.25, 0.3) is 0 Å². The molecule has 1 aromatic heterocycles. The highest BCUT2D eigenvalue weighted by molar-refractivity contribution is 7.99. The van der Waals surface area contributed by atoms with Gasteiger partial charge in [0, 0.05) is 17.2 Å². The Balaban J connectivity index is 1.67. The lowest BCUT2D eigenvalue weighted by Gasteiger charge is -2.21. The number of furan rings is 1. The van der Waals surface area contributed by atoms with E-state index in [1.807, 2.05) is 0 Å². The van der Waals surface area contributed by atoms with Crippen molar-refractivity contribution in [2.75, 3.05) is 18.8 Å². The molecule has 0 saturated carbocycles. The molecule has 1 aromatic carbocycles. The summed E-state index contributed by atoms with van der Waals surface area (Å²) in [6.07, 6.45) is 1.46. The smallest absolute Gasteiger partial charge is 0.314 e. The summed E-state index contributed by atoms with van der Waals surface area (Å²) in [5.41, 5.74) is -1.28. The van der Waals surface area contributed by atoms with E-state index in [4.69, 9.17) is 4.42 Å². The number of aliphatic hydroxyl groups is 1. The van der Waals surface area contributed by atoms with Crippen molar-refractivity contribution in [3.05, 3.63) is 54.2 Å². The third-order valence-electron chi connectivity index (χ3n) is 3.13. The second-order valence-electron chi connectivity index (χ2n) is 5.14.